The Balaban J connectivity index is 1.77. The molecule has 0 spiro atoms. The van der Waals surface area contributed by atoms with E-state index in [9.17, 15) is 0 Å². The molecule has 124 valence electrons. The topological polar surface area (TPSA) is 36.3 Å². The van der Waals surface area contributed by atoms with Gasteiger partial charge >= 0.3 is 0 Å². The van der Waals surface area contributed by atoms with Crippen LogP contribution in [-0.4, -0.2) is 28.6 Å². The Bertz CT molecular complexity index is 620. The van der Waals surface area contributed by atoms with E-state index in [0.29, 0.717) is 6.54 Å². The Labute approximate surface area is 138 Å². The molecule has 0 radical (unpaired) electrons. The van der Waals surface area contributed by atoms with E-state index in [-0.39, 0.29) is 0 Å². The highest BCUT2D eigenvalue weighted by atomic mass is 16.7. The minimum absolute atomic E-state index is 0.539. The summed E-state index contributed by atoms with van der Waals surface area (Å²) >= 11 is 0. The summed E-state index contributed by atoms with van der Waals surface area (Å²) in [5.74, 6) is -0.539. The van der Waals surface area contributed by atoms with E-state index < -0.39 is 5.79 Å². The van der Waals surface area contributed by atoms with Gasteiger partial charge in [0.25, 0.3) is 0 Å². The Kier molecular flexibility index (Phi) is 4.83. The van der Waals surface area contributed by atoms with Gasteiger partial charge in [-0.3, -0.25) is 0 Å². The average molecular weight is 314 g/mol. The monoisotopic (exact) mass is 314 g/mol. The van der Waals surface area contributed by atoms with Gasteiger partial charge in [0.1, 0.15) is 0 Å². The quantitative estimate of drug-likeness (QED) is 0.846. The molecule has 1 aromatic carbocycles. The molecular formula is C19H26N2O2. The largest absolute Gasteiger partial charge is 0.348 e. The molecule has 1 aliphatic heterocycles. The number of aromatic nitrogens is 2. The van der Waals surface area contributed by atoms with Gasteiger partial charge in [0, 0.05) is 18.8 Å². The van der Waals surface area contributed by atoms with Crippen LogP contribution in [0.5, 0.6) is 0 Å². The summed E-state index contributed by atoms with van der Waals surface area (Å²) in [4.78, 5) is 4.13. The first-order valence-corrected chi connectivity index (χ1v) is 8.38. The van der Waals surface area contributed by atoms with Crippen LogP contribution < -0.4 is 0 Å². The van der Waals surface area contributed by atoms with Crippen molar-refractivity contribution in [2.24, 2.45) is 0 Å². The lowest BCUT2D eigenvalue weighted by molar-refractivity contribution is -0.276. The fraction of sp³-hybridized carbons (Fsp3) is 0.526. The van der Waals surface area contributed by atoms with Crippen LogP contribution in [0.3, 0.4) is 0 Å². The second-order valence-electron chi connectivity index (χ2n) is 6.57. The molecule has 0 amide bonds. The maximum absolute atomic E-state index is 6.09. The van der Waals surface area contributed by atoms with E-state index >= 15 is 0 Å². The van der Waals surface area contributed by atoms with Crippen LogP contribution in [0.4, 0.5) is 0 Å². The van der Waals surface area contributed by atoms with E-state index in [2.05, 4.69) is 37.9 Å². The Morgan fingerprint density at radius 3 is 2.43 bits per heavy atom. The Hall–Kier alpha value is -1.65. The van der Waals surface area contributed by atoms with E-state index in [1.807, 2.05) is 17.1 Å². The molecule has 1 saturated heterocycles. The minimum atomic E-state index is -0.539. The summed E-state index contributed by atoms with van der Waals surface area (Å²) in [6, 6.07) is 4.51. The van der Waals surface area contributed by atoms with Crippen molar-refractivity contribution in [2.75, 3.05) is 13.2 Å². The van der Waals surface area contributed by atoms with Crippen LogP contribution in [0, 0.1) is 20.8 Å². The van der Waals surface area contributed by atoms with Gasteiger partial charge in [0.2, 0.25) is 0 Å². The minimum Gasteiger partial charge on any atom is -0.348 e. The van der Waals surface area contributed by atoms with E-state index in [1.54, 1.807) is 6.20 Å². The van der Waals surface area contributed by atoms with Gasteiger partial charge < -0.3 is 14.0 Å². The molecule has 1 aromatic heterocycles. The zero-order valence-electron chi connectivity index (χ0n) is 14.3. The lowest BCUT2D eigenvalue weighted by Crippen LogP contribution is -2.44. The normalized spacial score (nSPS) is 17.3. The highest BCUT2D eigenvalue weighted by Gasteiger charge is 2.35. The molecule has 4 nitrogen and oxygen atoms in total. The van der Waals surface area contributed by atoms with Crippen LogP contribution in [0.25, 0.3) is 0 Å². The van der Waals surface area contributed by atoms with Gasteiger partial charge in [0.15, 0.2) is 5.79 Å². The molecule has 2 aromatic rings. The van der Waals surface area contributed by atoms with Crippen molar-refractivity contribution in [1.29, 1.82) is 0 Å². The predicted molar refractivity (Wildman–Crippen MR) is 90.5 cm³/mol. The second kappa shape index (κ2) is 6.85. The number of hydrogen-bond acceptors (Lipinski definition) is 3. The first-order chi connectivity index (χ1) is 11.1. The molecule has 1 aliphatic rings. The van der Waals surface area contributed by atoms with Crippen LogP contribution in [0.2, 0.25) is 0 Å². The van der Waals surface area contributed by atoms with Crippen molar-refractivity contribution >= 4 is 0 Å². The molecule has 0 saturated carbocycles. The molecule has 0 unspecified atom stereocenters. The number of imidazole rings is 1. The van der Waals surface area contributed by atoms with E-state index in [1.165, 1.54) is 22.3 Å². The number of nitrogens with zero attached hydrogens (tertiary/aromatic N) is 2. The second-order valence-corrected chi connectivity index (χ2v) is 6.57. The zero-order chi connectivity index (χ0) is 16.3. The molecule has 4 heteroatoms. The first kappa shape index (κ1) is 16.2. The summed E-state index contributed by atoms with van der Waals surface area (Å²) in [6.45, 7) is 8.76. The molecule has 0 N–H and O–H groups in total. The smallest absolute Gasteiger partial charge is 0.186 e. The van der Waals surface area contributed by atoms with Gasteiger partial charge in [-0.15, -0.1) is 0 Å². The molecule has 3 rings (SSSR count). The third-order valence-corrected chi connectivity index (χ3v) is 4.60. The molecule has 23 heavy (non-hydrogen) atoms. The number of hydrogen-bond donors (Lipinski definition) is 0. The summed E-state index contributed by atoms with van der Waals surface area (Å²) in [5, 5.41) is 0. The zero-order valence-corrected chi connectivity index (χ0v) is 14.3. The van der Waals surface area contributed by atoms with Gasteiger partial charge in [-0.2, -0.15) is 0 Å². The fourth-order valence-electron chi connectivity index (χ4n) is 3.51. The Morgan fingerprint density at radius 1 is 1.13 bits per heavy atom. The molecule has 0 bridgehead atoms. The standard InChI is InChI=1S/C19H26N2O2/c1-15-11-16(2)18(17(3)12-15)5-6-19(22-9-4-10-23-19)13-21-8-7-20-14-21/h7-8,11-12,14H,4-6,9-10,13H2,1-3H3. The fourth-order valence-corrected chi connectivity index (χ4v) is 3.51. The molecule has 0 aliphatic carbocycles. The third kappa shape index (κ3) is 3.82. The van der Waals surface area contributed by atoms with Crippen molar-refractivity contribution in [2.45, 2.75) is 52.4 Å². The van der Waals surface area contributed by atoms with Gasteiger partial charge in [-0.1, -0.05) is 17.7 Å². The third-order valence-electron chi connectivity index (χ3n) is 4.60. The van der Waals surface area contributed by atoms with Crippen LogP contribution >= 0.6 is 0 Å². The van der Waals surface area contributed by atoms with Gasteiger partial charge in [0.05, 0.1) is 26.1 Å². The van der Waals surface area contributed by atoms with Gasteiger partial charge in [-0.25, -0.2) is 4.98 Å². The lowest BCUT2D eigenvalue weighted by Gasteiger charge is -2.37. The van der Waals surface area contributed by atoms with Crippen LogP contribution in [0.1, 0.15) is 35.1 Å². The lowest BCUT2D eigenvalue weighted by atomic mass is 9.94. The summed E-state index contributed by atoms with van der Waals surface area (Å²) < 4.78 is 14.2. The summed E-state index contributed by atoms with van der Waals surface area (Å²) in [6.07, 6.45) is 8.37. The first-order valence-electron chi connectivity index (χ1n) is 8.38. The van der Waals surface area contributed by atoms with E-state index in [0.717, 1.165) is 32.5 Å². The summed E-state index contributed by atoms with van der Waals surface area (Å²) in [5.41, 5.74) is 5.45. The van der Waals surface area contributed by atoms with Crippen LogP contribution in [0.15, 0.2) is 30.9 Å². The summed E-state index contributed by atoms with van der Waals surface area (Å²) in [7, 11) is 0. The van der Waals surface area contributed by atoms with Crippen LogP contribution in [-0.2, 0) is 22.4 Å². The number of benzene rings is 1. The SMILES string of the molecule is Cc1cc(C)c(CCC2(Cn3ccnc3)OCCCO2)c(C)c1. The van der Waals surface area contributed by atoms with Crippen molar-refractivity contribution in [1.82, 2.24) is 9.55 Å². The van der Waals surface area contributed by atoms with E-state index in [4.69, 9.17) is 9.47 Å². The number of ether oxygens (including phenoxy) is 2. The molecule has 2 heterocycles. The molecule has 1 fully saturated rings. The molecule has 0 atom stereocenters. The van der Waals surface area contributed by atoms with Crippen molar-refractivity contribution in [3.05, 3.63) is 53.1 Å². The van der Waals surface area contributed by atoms with Crippen molar-refractivity contribution in [3.63, 3.8) is 0 Å². The maximum Gasteiger partial charge on any atom is 0.186 e. The predicted octanol–water partition coefficient (Wildman–Crippen LogP) is 3.57. The van der Waals surface area contributed by atoms with Crippen molar-refractivity contribution in [3.8, 4) is 0 Å². The number of rotatable bonds is 5. The highest BCUT2D eigenvalue weighted by Crippen LogP contribution is 2.29. The maximum atomic E-state index is 6.09. The van der Waals surface area contributed by atoms with Crippen molar-refractivity contribution < 1.29 is 9.47 Å². The average Bonchev–Trinajstić information content (AvgIpc) is 2.99. The van der Waals surface area contributed by atoms with Gasteiger partial charge in [-0.05, 0) is 50.3 Å². The Morgan fingerprint density at radius 2 is 1.83 bits per heavy atom. The highest BCUT2D eigenvalue weighted by molar-refractivity contribution is 5.37. The molecular weight excluding hydrogens is 288 g/mol. The number of aryl methyl sites for hydroxylation is 3.